The van der Waals surface area contributed by atoms with Gasteiger partial charge in [0.1, 0.15) is 0 Å². The van der Waals surface area contributed by atoms with Gasteiger partial charge in [-0.2, -0.15) is 0 Å². The zero-order valence-corrected chi connectivity index (χ0v) is 9.90. The smallest absolute Gasteiger partial charge is 0.305 e. The third-order valence-corrected chi connectivity index (χ3v) is 2.96. The van der Waals surface area contributed by atoms with Gasteiger partial charge in [-0.25, -0.2) is 0 Å². The molecule has 1 aliphatic rings. The molecule has 0 saturated carbocycles. The first-order chi connectivity index (χ1) is 7.49. The quantitative estimate of drug-likeness (QED) is 0.726. The summed E-state index contributed by atoms with van der Waals surface area (Å²) >= 11 is 0. The first kappa shape index (κ1) is 13.0. The van der Waals surface area contributed by atoms with E-state index in [1.54, 1.807) is 6.92 Å². The van der Waals surface area contributed by atoms with Gasteiger partial charge in [-0.3, -0.25) is 9.59 Å². The fourth-order valence-electron chi connectivity index (χ4n) is 1.94. The molecule has 1 aliphatic heterocycles. The van der Waals surface area contributed by atoms with Crippen molar-refractivity contribution in [3.63, 3.8) is 0 Å². The van der Waals surface area contributed by atoms with Gasteiger partial charge < -0.3 is 15.3 Å². The van der Waals surface area contributed by atoms with E-state index in [9.17, 15) is 9.59 Å². The Labute approximate surface area is 95.8 Å². The Hall–Kier alpha value is -1.10. The van der Waals surface area contributed by atoms with Crippen LogP contribution in [-0.2, 0) is 9.59 Å². The maximum absolute atomic E-state index is 11.8. The molecule has 0 aromatic rings. The molecule has 1 rings (SSSR count). The summed E-state index contributed by atoms with van der Waals surface area (Å²) in [5.41, 5.74) is 0. The average molecular weight is 228 g/mol. The van der Waals surface area contributed by atoms with E-state index < -0.39 is 5.97 Å². The highest BCUT2D eigenvalue weighted by Gasteiger charge is 2.24. The summed E-state index contributed by atoms with van der Waals surface area (Å²) in [6.07, 6.45) is 1.71. The van der Waals surface area contributed by atoms with Crippen molar-refractivity contribution in [3.05, 3.63) is 0 Å². The summed E-state index contributed by atoms with van der Waals surface area (Å²) in [5.74, 6) is -0.828. The van der Waals surface area contributed by atoms with Crippen molar-refractivity contribution in [2.45, 2.75) is 32.2 Å². The lowest BCUT2D eigenvalue weighted by Crippen LogP contribution is -2.42. The van der Waals surface area contributed by atoms with Crippen molar-refractivity contribution in [1.29, 1.82) is 0 Å². The summed E-state index contributed by atoms with van der Waals surface area (Å²) in [4.78, 5) is 24.4. The predicted molar refractivity (Wildman–Crippen MR) is 60.1 cm³/mol. The van der Waals surface area contributed by atoms with Crippen LogP contribution in [0.1, 0.15) is 26.2 Å². The number of carbonyl (C=O) groups is 2. The number of amides is 1. The average Bonchev–Trinajstić information content (AvgIpc) is 2.16. The molecule has 0 aliphatic carbocycles. The normalized spacial score (nSPS) is 20.4. The molecule has 0 radical (unpaired) electrons. The lowest BCUT2D eigenvalue weighted by molar-refractivity contribution is -0.137. The molecule has 0 aromatic heterocycles. The molecule has 1 amide bonds. The van der Waals surface area contributed by atoms with Gasteiger partial charge in [0.2, 0.25) is 5.91 Å². The zero-order chi connectivity index (χ0) is 12.1. The third kappa shape index (κ3) is 4.18. The second kappa shape index (κ2) is 5.84. The number of carboxylic acid groups (broad SMARTS) is 1. The number of rotatable bonds is 4. The van der Waals surface area contributed by atoms with Crippen LogP contribution in [0.4, 0.5) is 0 Å². The molecular weight excluding hydrogens is 208 g/mol. The summed E-state index contributed by atoms with van der Waals surface area (Å²) < 4.78 is 0. The van der Waals surface area contributed by atoms with Crippen LogP contribution >= 0.6 is 0 Å². The molecule has 0 aromatic carbocycles. The predicted octanol–water partition coefficient (Wildman–Crippen LogP) is 0.308. The monoisotopic (exact) mass is 228 g/mol. The molecular formula is C11H20N2O3. The minimum Gasteiger partial charge on any atom is -0.481 e. The summed E-state index contributed by atoms with van der Waals surface area (Å²) in [6, 6.07) is -0.287. The van der Waals surface area contributed by atoms with Gasteiger partial charge in [-0.05, 0) is 39.9 Å². The first-order valence-electron chi connectivity index (χ1n) is 5.69. The van der Waals surface area contributed by atoms with Crippen LogP contribution in [0.2, 0.25) is 0 Å². The molecule has 1 heterocycles. The zero-order valence-electron chi connectivity index (χ0n) is 9.90. The SMILES string of the molecule is CC(CC(=O)O)NC(=O)C1CCN(C)CC1. The van der Waals surface area contributed by atoms with Gasteiger partial charge in [0.25, 0.3) is 0 Å². The molecule has 16 heavy (non-hydrogen) atoms. The molecule has 1 saturated heterocycles. The van der Waals surface area contributed by atoms with Crippen molar-refractivity contribution in [3.8, 4) is 0 Å². The number of piperidine rings is 1. The molecule has 0 bridgehead atoms. The van der Waals surface area contributed by atoms with Gasteiger partial charge in [0.15, 0.2) is 0 Å². The Balaban J connectivity index is 2.32. The van der Waals surface area contributed by atoms with E-state index >= 15 is 0 Å². The summed E-state index contributed by atoms with van der Waals surface area (Å²) in [5, 5.41) is 11.3. The minimum absolute atomic E-state index is 0.00171. The van der Waals surface area contributed by atoms with Crippen LogP contribution in [0.3, 0.4) is 0 Å². The molecule has 1 unspecified atom stereocenters. The number of carbonyl (C=O) groups excluding carboxylic acids is 1. The van der Waals surface area contributed by atoms with Crippen molar-refractivity contribution in [1.82, 2.24) is 10.2 Å². The van der Waals surface area contributed by atoms with Gasteiger partial charge in [0.05, 0.1) is 6.42 Å². The summed E-state index contributed by atoms with van der Waals surface area (Å²) in [7, 11) is 2.04. The minimum atomic E-state index is -0.879. The Kier molecular flexibility index (Phi) is 4.73. The molecule has 0 spiro atoms. The molecule has 1 atom stereocenters. The van der Waals surface area contributed by atoms with E-state index in [2.05, 4.69) is 10.2 Å². The van der Waals surface area contributed by atoms with E-state index in [1.807, 2.05) is 7.05 Å². The van der Waals surface area contributed by atoms with Gasteiger partial charge in [-0.15, -0.1) is 0 Å². The van der Waals surface area contributed by atoms with Gasteiger partial charge in [0, 0.05) is 12.0 Å². The van der Waals surface area contributed by atoms with Crippen molar-refractivity contribution >= 4 is 11.9 Å². The highest BCUT2D eigenvalue weighted by molar-refractivity contribution is 5.79. The van der Waals surface area contributed by atoms with Crippen LogP contribution in [0.25, 0.3) is 0 Å². The largest absolute Gasteiger partial charge is 0.481 e. The van der Waals surface area contributed by atoms with Gasteiger partial charge >= 0.3 is 5.97 Å². The van der Waals surface area contributed by atoms with E-state index in [0.29, 0.717) is 0 Å². The lowest BCUT2D eigenvalue weighted by atomic mass is 9.96. The van der Waals surface area contributed by atoms with Gasteiger partial charge in [-0.1, -0.05) is 0 Å². The number of nitrogens with one attached hydrogen (secondary N) is 1. The van der Waals surface area contributed by atoms with Crippen molar-refractivity contribution in [2.24, 2.45) is 5.92 Å². The number of hydrogen-bond acceptors (Lipinski definition) is 3. The lowest BCUT2D eigenvalue weighted by Gasteiger charge is -2.28. The third-order valence-electron chi connectivity index (χ3n) is 2.96. The van der Waals surface area contributed by atoms with Crippen LogP contribution in [0.5, 0.6) is 0 Å². The molecule has 92 valence electrons. The maximum Gasteiger partial charge on any atom is 0.305 e. The first-order valence-corrected chi connectivity index (χ1v) is 5.69. The molecule has 1 fully saturated rings. The number of hydrogen-bond donors (Lipinski definition) is 2. The molecule has 2 N–H and O–H groups in total. The Morgan fingerprint density at radius 2 is 2.00 bits per heavy atom. The molecule has 5 nitrogen and oxygen atoms in total. The van der Waals surface area contributed by atoms with Crippen molar-refractivity contribution < 1.29 is 14.7 Å². The standard InChI is InChI=1S/C11H20N2O3/c1-8(7-10(14)15)12-11(16)9-3-5-13(2)6-4-9/h8-9H,3-7H2,1-2H3,(H,12,16)(H,14,15). The number of aliphatic carboxylic acids is 1. The van der Waals surface area contributed by atoms with Crippen LogP contribution in [0, 0.1) is 5.92 Å². The number of carboxylic acids is 1. The molecule has 5 heteroatoms. The number of likely N-dealkylation sites (tertiary alicyclic amines) is 1. The van der Waals surface area contributed by atoms with Crippen LogP contribution in [0.15, 0.2) is 0 Å². The van der Waals surface area contributed by atoms with E-state index in [0.717, 1.165) is 25.9 Å². The highest BCUT2D eigenvalue weighted by Crippen LogP contribution is 2.16. The second-order valence-corrected chi connectivity index (χ2v) is 4.59. The Morgan fingerprint density at radius 1 is 1.44 bits per heavy atom. The highest BCUT2D eigenvalue weighted by atomic mass is 16.4. The second-order valence-electron chi connectivity index (χ2n) is 4.59. The van der Waals surface area contributed by atoms with Crippen LogP contribution in [-0.4, -0.2) is 48.1 Å². The topological polar surface area (TPSA) is 69.6 Å². The fraction of sp³-hybridized carbons (Fsp3) is 0.818. The fourth-order valence-corrected chi connectivity index (χ4v) is 1.94. The van der Waals surface area contributed by atoms with Crippen molar-refractivity contribution in [2.75, 3.05) is 20.1 Å². The number of nitrogens with zero attached hydrogens (tertiary/aromatic N) is 1. The van der Waals surface area contributed by atoms with E-state index in [1.165, 1.54) is 0 Å². The Morgan fingerprint density at radius 3 is 2.50 bits per heavy atom. The van der Waals surface area contributed by atoms with E-state index in [-0.39, 0.29) is 24.3 Å². The summed E-state index contributed by atoms with van der Waals surface area (Å²) in [6.45, 7) is 3.60. The Bertz CT molecular complexity index is 260. The maximum atomic E-state index is 11.8. The van der Waals surface area contributed by atoms with E-state index in [4.69, 9.17) is 5.11 Å². The van der Waals surface area contributed by atoms with Crippen LogP contribution < -0.4 is 5.32 Å².